The van der Waals surface area contributed by atoms with E-state index in [9.17, 15) is 9.59 Å². The highest BCUT2D eigenvalue weighted by molar-refractivity contribution is 7.99. The van der Waals surface area contributed by atoms with Crippen LogP contribution in [0.15, 0.2) is 34.2 Å². The lowest BCUT2D eigenvalue weighted by Gasteiger charge is -2.26. The lowest BCUT2D eigenvalue weighted by atomic mass is 9.95. The number of hydrogen-bond acceptors (Lipinski definition) is 4. The molecular weight excluding hydrogens is 346 g/mol. The SMILES string of the molecule is O=C(CSc1nc2ccccc2c(=O)n1C1CCCCC1)N1CCCC1. The average molecular weight is 372 g/mol. The van der Waals surface area contributed by atoms with Crippen LogP contribution in [0.25, 0.3) is 10.9 Å². The van der Waals surface area contributed by atoms with Gasteiger partial charge in [-0.2, -0.15) is 0 Å². The Kier molecular flexibility index (Phi) is 5.29. The molecule has 5 nitrogen and oxygen atoms in total. The number of benzene rings is 1. The number of nitrogens with zero attached hydrogens (tertiary/aromatic N) is 3. The first-order valence-corrected chi connectivity index (χ1v) is 10.6. The van der Waals surface area contributed by atoms with E-state index in [1.54, 1.807) is 0 Å². The third kappa shape index (κ3) is 3.52. The number of amides is 1. The summed E-state index contributed by atoms with van der Waals surface area (Å²) in [4.78, 5) is 32.3. The molecule has 2 aliphatic rings. The molecule has 6 heteroatoms. The zero-order valence-corrected chi connectivity index (χ0v) is 15.8. The van der Waals surface area contributed by atoms with Gasteiger partial charge in [0.05, 0.1) is 16.7 Å². The summed E-state index contributed by atoms with van der Waals surface area (Å²) in [6, 6.07) is 7.74. The van der Waals surface area contributed by atoms with E-state index in [1.165, 1.54) is 18.2 Å². The van der Waals surface area contributed by atoms with Gasteiger partial charge >= 0.3 is 0 Å². The van der Waals surface area contributed by atoms with E-state index in [0.717, 1.165) is 57.1 Å². The third-order valence-corrected chi connectivity index (χ3v) is 6.44. The summed E-state index contributed by atoms with van der Waals surface area (Å²) in [5, 5.41) is 1.38. The summed E-state index contributed by atoms with van der Waals surface area (Å²) in [5.41, 5.74) is 0.763. The molecule has 0 radical (unpaired) electrons. The molecule has 1 aliphatic heterocycles. The maximum atomic E-state index is 13.2. The van der Waals surface area contributed by atoms with Crippen LogP contribution in [0.5, 0.6) is 0 Å². The maximum Gasteiger partial charge on any atom is 0.262 e. The largest absolute Gasteiger partial charge is 0.342 e. The van der Waals surface area contributed by atoms with Gasteiger partial charge in [0, 0.05) is 19.1 Å². The first-order chi connectivity index (χ1) is 12.7. The van der Waals surface area contributed by atoms with Gasteiger partial charge in [-0.05, 0) is 37.8 Å². The number of fused-ring (bicyclic) bond motifs is 1. The van der Waals surface area contributed by atoms with E-state index < -0.39 is 0 Å². The minimum absolute atomic E-state index is 0.0404. The highest BCUT2D eigenvalue weighted by Gasteiger charge is 2.23. The van der Waals surface area contributed by atoms with Crippen molar-refractivity contribution in [2.45, 2.75) is 56.1 Å². The number of hydrogen-bond donors (Lipinski definition) is 0. The maximum absolute atomic E-state index is 13.2. The van der Waals surface area contributed by atoms with Gasteiger partial charge in [0.25, 0.3) is 5.56 Å². The normalized spacial score (nSPS) is 18.5. The van der Waals surface area contributed by atoms with Crippen LogP contribution in [0.1, 0.15) is 51.0 Å². The van der Waals surface area contributed by atoms with E-state index in [-0.39, 0.29) is 17.5 Å². The number of likely N-dealkylation sites (tertiary alicyclic amines) is 1. The summed E-state index contributed by atoms with van der Waals surface area (Å²) in [5.74, 6) is 0.516. The molecule has 26 heavy (non-hydrogen) atoms. The minimum Gasteiger partial charge on any atom is -0.342 e. The fourth-order valence-electron chi connectivity index (χ4n) is 4.07. The Hall–Kier alpha value is -1.82. The van der Waals surface area contributed by atoms with Crippen molar-refractivity contribution in [3.63, 3.8) is 0 Å². The van der Waals surface area contributed by atoms with E-state index in [1.807, 2.05) is 33.7 Å². The van der Waals surface area contributed by atoms with Crippen LogP contribution in [-0.2, 0) is 4.79 Å². The molecule has 1 aromatic heterocycles. The quantitative estimate of drug-likeness (QED) is 0.608. The number of rotatable bonds is 4. The van der Waals surface area contributed by atoms with E-state index in [4.69, 9.17) is 4.98 Å². The molecule has 1 amide bonds. The van der Waals surface area contributed by atoms with Crippen molar-refractivity contribution >= 4 is 28.6 Å². The van der Waals surface area contributed by atoms with Gasteiger partial charge in [0.2, 0.25) is 5.91 Å². The topological polar surface area (TPSA) is 55.2 Å². The highest BCUT2D eigenvalue weighted by atomic mass is 32.2. The molecule has 0 spiro atoms. The molecule has 2 aromatic rings. The monoisotopic (exact) mass is 371 g/mol. The standard InChI is InChI=1S/C20H25N3O2S/c24-18(22-12-6-7-13-22)14-26-20-21-17-11-5-4-10-16(17)19(25)23(20)15-8-2-1-3-9-15/h4-5,10-11,15H,1-3,6-9,12-14H2. The number of aromatic nitrogens is 2. The molecule has 1 saturated carbocycles. The Morgan fingerprint density at radius 3 is 2.58 bits per heavy atom. The smallest absolute Gasteiger partial charge is 0.262 e. The van der Waals surface area contributed by atoms with Gasteiger partial charge in [0.15, 0.2) is 5.16 Å². The number of carbonyl (C=O) groups is 1. The molecular formula is C20H25N3O2S. The Balaban J connectivity index is 1.66. The fourth-order valence-corrected chi connectivity index (χ4v) is 5.04. The summed E-state index contributed by atoms with van der Waals surface area (Å²) < 4.78 is 1.88. The first kappa shape index (κ1) is 17.6. The van der Waals surface area contributed by atoms with Crippen LogP contribution in [-0.4, -0.2) is 39.2 Å². The van der Waals surface area contributed by atoms with Crippen LogP contribution < -0.4 is 5.56 Å². The number of thioether (sulfide) groups is 1. The minimum atomic E-state index is 0.0404. The molecule has 1 aliphatic carbocycles. The molecule has 2 heterocycles. The Bertz CT molecular complexity index is 852. The predicted octanol–water partition coefficient (Wildman–Crippen LogP) is 3.62. The number of para-hydroxylation sites is 1. The van der Waals surface area contributed by atoms with Gasteiger partial charge < -0.3 is 4.90 Å². The van der Waals surface area contributed by atoms with Crippen LogP contribution in [0, 0.1) is 0 Å². The van der Waals surface area contributed by atoms with Crippen molar-refractivity contribution in [2.75, 3.05) is 18.8 Å². The molecule has 0 N–H and O–H groups in total. The van der Waals surface area contributed by atoms with Gasteiger partial charge in [0.1, 0.15) is 0 Å². The van der Waals surface area contributed by atoms with Gasteiger partial charge in [-0.3, -0.25) is 14.2 Å². The zero-order valence-electron chi connectivity index (χ0n) is 15.0. The van der Waals surface area contributed by atoms with E-state index >= 15 is 0 Å². The second-order valence-corrected chi connectivity index (χ2v) is 8.20. The van der Waals surface area contributed by atoms with Crippen molar-refractivity contribution in [3.05, 3.63) is 34.6 Å². The second kappa shape index (κ2) is 7.82. The fraction of sp³-hybridized carbons (Fsp3) is 0.550. The summed E-state index contributed by atoms with van der Waals surface area (Å²) in [7, 11) is 0. The van der Waals surface area contributed by atoms with E-state index in [0.29, 0.717) is 16.3 Å². The van der Waals surface area contributed by atoms with Crippen LogP contribution >= 0.6 is 11.8 Å². The van der Waals surface area contributed by atoms with Gasteiger partial charge in [-0.15, -0.1) is 0 Å². The van der Waals surface area contributed by atoms with Crippen LogP contribution in [0.3, 0.4) is 0 Å². The Labute approximate surface area is 157 Å². The van der Waals surface area contributed by atoms with Crippen molar-refractivity contribution in [3.8, 4) is 0 Å². The van der Waals surface area contributed by atoms with Gasteiger partial charge in [-0.1, -0.05) is 43.2 Å². The van der Waals surface area contributed by atoms with Gasteiger partial charge in [-0.25, -0.2) is 4.98 Å². The van der Waals surface area contributed by atoms with Crippen molar-refractivity contribution in [1.82, 2.24) is 14.5 Å². The van der Waals surface area contributed by atoms with E-state index in [2.05, 4.69) is 0 Å². The molecule has 1 saturated heterocycles. The second-order valence-electron chi connectivity index (χ2n) is 7.26. The lowest BCUT2D eigenvalue weighted by molar-refractivity contribution is -0.127. The Morgan fingerprint density at radius 2 is 1.81 bits per heavy atom. The molecule has 2 fully saturated rings. The summed E-state index contributed by atoms with van der Waals surface area (Å²) in [6.07, 6.45) is 7.78. The summed E-state index contributed by atoms with van der Waals surface area (Å²) >= 11 is 1.43. The van der Waals surface area contributed by atoms with Crippen LogP contribution in [0.2, 0.25) is 0 Å². The van der Waals surface area contributed by atoms with Crippen molar-refractivity contribution < 1.29 is 4.79 Å². The van der Waals surface area contributed by atoms with Crippen molar-refractivity contribution in [1.29, 1.82) is 0 Å². The molecule has 138 valence electrons. The molecule has 0 bridgehead atoms. The Morgan fingerprint density at radius 1 is 1.08 bits per heavy atom. The summed E-state index contributed by atoms with van der Waals surface area (Å²) in [6.45, 7) is 1.72. The molecule has 0 atom stereocenters. The average Bonchev–Trinajstić information content (AvgIpc) is 3.22. The molecule has 4 rings (SSSR count). The third-order valence-electron chi connectivity index (χ3n) is 5.50. The number of carbonyl (C=O) groups excluding carboxylic acids is 1. The molecule has 0 unspecified atom stereocenters. The first-order valence-electron chi connectivity index (χ1n) is 9.66. The predicted molar refractivity (Wildman–Crippen MR) is 105 cm³/mol. The zero-order chi connectivity index (χ0) is 17.9. The van der Waals surface area contributed by atoms with Crippen molar-refractivity contribution in [2.24, 2.45) is 0 Å². The van der Waals surface area contributed by atoms with Crippen LogP contribution in [0.4, 0.5) is 0 Å². The molecule has 1 aromatic carbocycles. The highest BCUT2D eigenvalue weighted by Crippen LogP contribution is 2.31. The lowest BCUT2D eigenvalue weighted by Crippen LogP contribution is -2.31.